The number of carbonyl (C=O) groups is 1. The maximum atomic E-state index is 11.3. The Morgan fingerprint density at radius 3 is 3.00 bits per heavy atom. The highest BCUT2D eigenvalue weighted by Gasteiger charge is 2.14. The fourth-order valence-electron chi connectivity index (χ4n) is 0.946. The van der Waals surface area contributed by atoms with Crippen LogP contribution in [0.2, 0.25) is 0 Å². The minimum absolute atomic E-state index is 0.198. The highest BCUT2D eigenvalue weighted by Crippen LogP contribution is 2.01. The molecule has 0 unspecified atom stereocenters. The molecule has 0 aliphatic rings. The summed E-state index contributed by atoms with van der Waals surface area (Å²) in [5.74, 6) is -0.715. The van der Waals surface area contributed by atoms with E-state index in [-0.39, 0.29) is 12.3 Å². The van der Waals surface area contributed by atoms with Crippen LogP contribution < -0.4 is 5.49 Å². The van der Waals surface area contributed by atoms with Crippen molar-refractivity contribution in [3.05, 3.63) is 23.1 Å². The van der Waals surface area contributed by atoms with E-state index in [4.69, 9.17) is 10.1 Å². The van der Waals surface area contributed by atoms with Crippen LogP contribution in [0.5, 0.6) is 0 Å². The number of nitrogens with one attached hydrogen (secondary N) is 1. The maximum absolute atomic E-state index is 11.3. The Bertz CT molecular complexity index is 430. The normalized spacial score (nSPS) is 10.0. The molecule has 0 fully saturated rings. The zero-order valence-electron chi connectivity index (χ0n) is 8.03. The number of alkyl halides is 1. The van der Waals surface area contributed by atoms with Gasteiger partial charge in [-0.25, -0.2) is 9.78 Å². The Hall–Kier alpha value is -1.37. The van der Waals surface area contributed by atoms with Gasteiger partial charge in [-0.3, -0.25) is 5.41 Å². The van der Waals surface area contributed by atoms with E-state index in [1.54, 1.807) is 6.92 Å². The van der Waals surface area contributed by atoms with Crippen LogP contribution in [0.3, 0.4) is 0 Å². The van der Waals surface area contributed by atoms with Gasteiger partial charge in [0.2, 0.25) is 0 Å². The molecule has 0 saturated carbocycles. The summed E-state index contributed by atoms with van der Waals surface area (Å²) in [6.07, 6.45) is 1.25. The van der Waals surface area contributed by atoms with Gasteiger partial charge in [0.1, 0.15) is 0 Å². The van der Waals surface area contributed by atoms with Crippen LogP contribution in [0, 0.1) is 5.41 Å². The number of nitrogens with zero attached hydrogens (tertiary/aromatic N) is 2. The van der Waals surface area contributed by atoms with Crippen LogP contribution in [-0.4, -0.2) is 27.5 Å². The Morgan fingerprint density at radius 1 is 1.80 bits per heavy atom. The summed E-state index contributed by atoms with van der Waals surface area (Å²) < 4.78 is 5.24. The lowest BCUT2D eigenvalue weighted by Crippen LogP contribution is -2.28. The lowest BCUT2D eigenvalue weighted by atomic mass is 10.4. The molecule has 15 heavy (non-hydrogen) atoms. The number of aromatic nitrogens is 2. The number of carbonyl (C=O) groups excluding carboxylic acids is 1. The predicted molar refractivity (Wildman–Crippen MR) is 53.9 cm³/mol. The molecular weight excluding hydrogens is 266 g/mol. The minimum atomic E-state index is -0.715. The van der Waals surface area contributed by atoms with Crippen LogP contribution in [-0.2, 0) is 10.1 Å². The number of ether oxygens (including phenoxy) is 1. The van der Waals surface area contributed by atoms with Gasteiger partial charge in [0.25, 0.3) is 0 Å². The lowest BCUT2D eigenvalue weighted by molar-refractivity contribution is 0.0507. The lowest BCUT2D eigenvalue weighted by Gasteiger charge is -2.05. The highest BCUT2D eigenvalue weighted by atomic mass is 79.9. The van der Waals surface area contributed by atoms with Gasteiger partial charge < -0.3 is 9.94 Å². The fraction of sp³-hybridized carbons (Fsp3) is 0.375. The monoisotopic (exact) mass is 275 g/mol. The third kappa shape index (κ3) is 2.56. The molecule has 1 aromatic rings. The molecule has 6 nitrogen and oxygen atoms in total. The number of hydrogen-bond acceptors (Lipinski definition) is 5. The fourth-order valence-corrected chi connectivity index (χ4v) is 1.22. The van der Waals surface area contributed by atoms with E-state index >= 15 is 0 Å². The Kier molecular flexibility index (Phi) is 3.84. The molecule has 0 atom stereocenters. The van der Waals surface area contributed by atoms with Gasteiger partial charge in [0, 0.05) is 5.33 Å². The van der Waals surface area contributed by atoms with E-state index in [1.807, 2.05) is 0 Å². The molecule has 7 heteroatoms. The van der Waals surface area contributed by atoms with E-state index in [0.717, 1.165) is 0 Å². The molecule has 0 spiro atoms. The van der Waals surface area contributed by atoms with E-state index in [9.17, 15) is 10.0 Å². The van der Waals surface area contributed by atoms with Gasteiger partial charge in [-0.2, -0.15) is 4.73 Å². The molecule has 0 aromatic carbocycles. The molecule has 0 amide bonds. The zero-order valence-corrected chi connectivity index (χ0v) is 9.61. The van der Waals surface area contributed by atoms with Gasteiger partial charge in [-0.05, 0) is 6.92 Å². The molecule has 0 aliphatic heterocycles. The standard InChI is InChI=1S/C8H10BrN3O3/c1-2-15-8(13)6-7(10)12(14)4-5(3-9)11-6/h4,10,14H,2-3H2,1H3. The van der Waals surface area contributed by atoms with Gasteiger partial charge in [0.15, 0.2) is 11.2 Å². The predicted octanol–water partition coefficient (Wildman–Crippen LogP) is 0.671. The molecular formula is C8H10BrN3O3. The second kappa shape index (κ2) is 4.92. The summed E-state index contributed by atoms with van der Waals surface area (Å²) in [7, 11) is 0. The number of esters is 1. The SMILES string of the molecule is CCOC(=O)c1nc(CBr)cn(O)c1=N. The van der Waals surface area contributed by atoms with E-state index in [2.05, 4.69) is 20.9 Å². The number of hydrogen-bond donors (Lipinski definition) is 2. The first-order valence-electron chi connectivity index (χ1n) is 4.19. The number of rotatable bonds is 3. The van der Waals surface area contributed by atoms with Crippen LogP contribution in [0.15, 0.2) is 6.20 Å². The molecule has 1 heterocycles. The highest BCUT2D eigenvalue weighted by molar-refractivity contribution is 9.08. The van der Waals surface area contributed by atoms with E-state index < -0.39 is 11.5 Å². The van der Waals surface area contributed by atoms with Gasteiger partial charge >= 0.3 is 5.97 Å². The quantitative estimate of drug-likeness (QED) is 0.482. The van der Waals surface area contributed by atoms with Crippen molar-refractivity contribution in [2.45, 2.75) is 12.3 Å². The molecule has 0 aliphatic carbocycles. The van der Waals surface area contributed by atoms with Crippen molar-refractivity contribution in [3.63, 3.8) is 0 Å². The van der Waals surface area contributed by atoms with Gasteiger partial charge in [0.05, 0.1) is 18.5 Å². The van der Waals surface area contributed by atoms with Crippen molar-refractivity contribution in [1.29, 1.82) is 5.41 Å². The van der Waals surface area contributed by atoms with Crippen molar-refractivity contribution in [2.24, 2.45) is 0 Å². The second-order valence-electron chi connectivity index (χ2n) is 2.63. The first kappa shape index (κ1) is 11.7. The Labute approximate surface area is 94.1 Å². The summed E-state index contributed by atoms with van der Waals surface area (Å²) in [4.78, 5) is 15.2. The molecule has 82 valence electrons. The number of halogens is 1. The first-order valence-corrected chi connectivity index (χ1v) is 5.31. The maximum Gasteiger partial charge on any atom is 0.360 e. The average Bonchev–Trinajstić information content (AvgIpc) is 2.22. The third-order valence-corrected chi connectivity index (χ3v) is 2.16. The smallest absolute Gasteiger partial charge is 0.360 e. The minimum Gasteiger partial charge on any atom is -0.461 e. The van der Waals surface area contributed by atoms with Gasteiger partial charge in [-0.15, -0.1) is 0 Å². The van der Waals surface area contributed by atoms with Gasteiger partial charge in [-0.1, -0.05) is 15.9 Å². The topological polar surface area (TPSA) is 88.2 Å². The summed E-state index contributed by atoms with van der Waals surface area (Å²) in [5.41, 5.74) is -0.147. The van der Waals surface area contributed by atoms with E-state index in [0.29, 0.717) is 15.8 Å². The van der Waals surface area contributed by atoms with Crippen LogP contribution in [0.1, 0.15) is 23.1 Å². The van der Waals surface area contributed by atoms with Crippen molar-refractivity contribution >= 4 is 21.9 Å². The van der Waals surface area contributed by atoms with Crippen molar-refractivity contribution in [3.8, 4) is 0 Å². The van der Waals surface area contributed by atoms with Crippen molar-refractivity contribution < 1.29 is 14.7 Å². The van der Waals surface area contributed by atoms with Crippen LogP contribution in [0.4, 0.5) is 0 Å². The van der Waals surface area contributed by atoms with Crippen molar-refractivity contribution in [2.75, 3.05) is 6.61 Å². The Morgan fingerprint density at radius 2 is 2.47 bits per heavy atom. The molecule has 1 rings (SSSR count). The summed E-state index contributed by atoms with van der Waals surface area (Å²) in [6.45, 7) is 1.85. The zero-order chi connectivity index (χ0) is 11.4. The van der Waals surface area contributed by atoms with Crippen molar-refractivity contribution in [1.82, 2.24) is 9.71 Å². The largest absolute Gasteiger partial charge is 0.461 e. The molecule has 2 N–H and O–H groups in total. The Balaban J connectivity index is 3.22. The van der Waals surface area contributed by atoms with Crippen LogP contribution in [0.25, 0.3) is 0 Å². The molecule has 0 radical (unpaired) electrons. The summed E-state index contributed by atoms with van der Waals surface area (Å²) >= 11 is 3.14. The molecule has 1 aromatic heterocycles. The summed E-state index contributed by atoms with van der Waals surface area (Å²) in [5, 5.41) is 17.1. The third-order valence-electron chi connectivity index (χ3n) is 1.59. The second-order valence-corrected chi connectivity index (χ2v) is 3.19. The van der Waals surface area contributed by atoms with E-state index in [1.165, 1.54) is 6.20 Å². The average molecular weight is 276 g/mol. The molecule has 0 bridgehead atoms. The summed E-state index contributed by atoms with van der Waals surface area (Å²) in [6, 6.07) is 0. The first-order chi connectivity index (χ1) is 7.10. The molecule has 0 saturated heterocycles. The van der Waals surface area contributed by atoms with Crippen LogP contribution >= 0.6 is 15.9 Å².